The number of aliphatic hydroxyl groups is 1. The Morgan fingerprint density at radius 3 is 2.43 bits per heavy atom. The first kappa shape index (κ1) is 14.7. The third-order valence-electron chi connectivity index (χ3n) is 2.68. The summed E-state index contributed by atoms with van der Waals surface area (Å²) in [5, 5.41) is 9.78. The molecule has 0 aliphatic carbocycles. The van der Waals surface area contributed by atoms with Gasteiger partial charge in [0.05, 0.1) is 12.8 Å². The monoisotopic (exact) mass is 292 g/mol. The summed E-state index contributed by atoms with van der Waals surface area (Å²) in [6.07, 6.45) is 0. The van der Waals surface area contributed by atoms with Crippen molar-refractivity contribution in [3.63, 3.8) is 0 Å². The van der Waals surface area contributed by atoms with E-state index in [2.05, 4.69) is 4.99 Å². The molecule has 0 spiro atoms. The zero-order chi connectivity index (χ0) is 15.6. The van der Waals surface area contributed by atoms with E-state index >= 15 is 0 Å². The van der Waals surface area contributed by atoms with Gasteiger partial charge in [-0.1, -0.05) is 0 Å². The number of benzene rings is 1. The zero-order valence-corrected chi connectivity index (χ0v) is 11.9. The number of nitrogens with two attached hydrogens (primary N) is 1. The van der Waals surface area contributed by atoms with Gasteiger partial charge in [-0.3, -0.25) is 0 Å². The number of cyclic esters (lactones) is 1. The summed E-state index contributed by atoms with van der Waals surface area (Å²) in [7, 11) is 1.55. The molecule has 0 fully saturated rings. The van der Waals surface area contributed by atoms with Crippen LogP contribution in [0.3, 0.4) is 0 Å². The van der Waals surface area contributed by atoms with E-state index in [4.69, 9.17) is 19.9 Å². The third kappa shape index (κ3) is 3.25. The second kappa shape index (κ2) is 5.35. The van der Waals surface area contributed by atoms with Crippen molar-refractivity contribution in [1.82, 2.24) is 0 Å². The highest BCUT2D eigenvalue weighted by molar-refractivity contribution is 6.19. The van der Waals surface area contributed by atoms with Gasteiger partial charge in [0.25, 0.3) is 11.7 Å². The Labute approximate surface area is 121 Å². The molecule has 0 bridgehead atoms. The molecule has 0 aromatic heterocycles. The summed E-state index contributed by atoms with van der Waals surface area (Å²) in [5.41, 5.74) is 5.93. The number of hydrogen-bond donors (Lipinski definition) is 2. The topological polar surface area (TPSA) is 103 Å². The van der Waals surface area contributed by atoms with Crippen molar-refractivity contribution in [2.75, 3.05) is 7.11 Å². The van der Waals surface area contributed by atoms with E-state index in [0.29, 0.717) is 11.4 Å². The van der Waals surface area contributed by atoms with Gasteiger partial charge in [-0.25, -0.2) is 9.79 Å². The van der Waals surface area contributed by atoms with E-state index in [9.17, 15) is 9.90 Å². The Morgan fingerprint density at radius 2 is 1.90 bits per heavy atom. The minimum Gasteiger partial charge on any atom is -0.497 e. The fourth-order valence-electron chi connectivity index (χ4n) is 1.73. The van der Waals surface area contributed by atoms with Crippen molar-refractivity contribution in [3.05, 3.63) is 35.8 Å². The lowest BCUT2D eigenvalue weighted by molar-refractivity contribution is -0.220. The number of hydrogen-bond acceptors (Lipinski definition) is 6. The third-order valence-corrected chi connectivity index (χ3v) is 2.68. The van der Waals surface area contributed by atoms with Crippen molar-refractivity contribution in [2.24, 2.45) is 10.7 Å². The van der Waals surface area contributed by atoms with Crippen molar-refractivity contribution in [3.8, 4) is 5.75 Å². The van der Waals surface area contributed by atoms with Gasteiger partial charge in [0.15, 0.2) is 5.57 Å². The Kier molecular flexibility index (Phi) is 3.75. The molecule has 7 heteroatoms. The molecule has 1 aromatic carbocycles. The molecule has 112 valence electrons. The summed E-state index contributed by atoms with van der Waals surface area (Å²) in [6.45, 7) is 2.99. The summed E-state index contributed by atoms with van der Waals surface area (Å²) >= 11 is 0. The Hall–Kier alpha value is -2.70. The van der Waals surface area contributed by atoms with Crippen LogP contribution >= 0.6 is 0 Å². The van der Waals surface area contributed by atoms with Crippen LogP contribution < -0.4 is 10.5 Å². The predicted molar refractivity (Wildman–Crippen MR) is 75.2 cm³/mol. The molecule has 0 amide bonds. The normalized spacial score (nSPS) is 18.0. The number of aliphatic hydroxyl groups excluding tert-OH is 1. The predicted octanol–water partition coefficient (Wildman–Crippen LogP) is 1.76. The van der Waals surface area contributed by atoms with Crippen molar-refractivity contribution < 1.29 is 24.1 Å². The standard InChI is InChI=1S/C14H16N2O5/c1-14(2)20-12(17)10(13(18)21-14)11(15)16-8-4-6-9(19-3)7-5-8/h4-7,17H,1-3H3,(H2,15,16). The molecule has 0 unspecified atom stereocenters. The van der Waals surface area contributed by atoms with E-state index in [0.717, 1.165) is 0 Å². The van der Waals surface area contributed by atoms with Gasteiger partial charge in [-0.2, -0.15) is 0 Å². The zero-order valence-electron chi connectivity index (χ0n) is 11.9. The van der Waals surface area contributed by atoms with E-state index < -0.39 is 17.7 Å². The van der Waals surface area contributed by atoms with Crippen LogP contribution in [-0.4, -0.2) is 29.8 Å². The van der Waals surface area contributed by atoms with E-state index in [-0.39, 0.29) is 11.4 Å². The van der Waals surface area contributed by atoms with E-state index in [1.54, 1.807) is 31.4 Å². The second-order valence-corrected chi connectivity index (χ2v) is 4.77. The minimum absolute atomic E-state index is 0.196. The maximum Gasteiger partial charge on any atom is 0.352 e. The molecular weight excluding hydrogens is 276 g/mol. The van der Waals surface area contributed by atoms with Crippen LogP contribution in [0.5, 0.6) is 5.75 Å². The smallest absolute Gasteiger partial charge is 0.352 e. The highest BCUT2D eigenvalue weighted by atomic mass is 16.8. The average Bonchev–Trinajstić information content (AvgIpc) is 2.37. The first-order chi connectivity index (χ1) is 9.82. The fraction of sp³-hybridized carbons (Fsp3) is 0.286. The highest BCUT2D eigenvalue weighted by Crippen LogP contribution is 2.26. The molecule has 2 rings (SSSR count). The molecule has 1 heterocycles. The number of methoxy groups -OCH3 is 1. The minimum atomic E-state index is -1.24. The first-order valence-electron chi connectivity index (χ1n) is 6.16. The van der Waals surface area contributed by atoms with E-state index in [1.165, 1.54) is 13.8 Å². The Balaban J connectivity index is 2.31. The molecule has 1 aliphatic heterocycles. The lowest BCUT2D eigenvalue weighted by Gasteiger charge is -2.30. The maximum atomic E-state index is 11.9. The number of amidine groups is 1. The number of esters is 1. The number of carbonyl (C=O) groups is 1. The second-order valence-electron chi connectivity index (χ2n) is 4.77. The molecule has 0 radical (unpaired) electrons. The van der Waals surface area contributed by atoms with Crippen LogP contribution in [0.15, 0.2) is 40.8 Å². The fourth-order valence-corrected chi connectivity index (χ4v) is 1.73. The van der Waals surface area contributed by atoms with Crippen LogP contribution in [0, 0.1) is 0 Å². The quantitative estimate of drug-likeness (QED) is 0.500. The summed E-state index contributed by atoms with van der Waals surface area (Å²) in [5.74, 6) is -2.18. The lowest BCUT2D eigenvalue weighted by atomic mass is 10.2. The van der Waals surface area contributed by atoms with Crippen LogP contribution in [0.1, 0.15) is 13.8 Å². The number of rotatable bonds is 3. The number of carbonyl (C=O) groups excluding carboxylic acids is 1. The molecule has 7 nitrogen and oxygen atoms in total. The molecule has 1 aliphatic rings. The first-order valence-corrected chi connectivity index (χ1v) is 6.16. The lowest BCUT2D eigenvalue weighted by Crippen LogP contribution is -2.40. The summed E-state index contributed by atoms with van der Waals surface area (Å²) in [6, 6.07) is 6.70. The van der Waals surface area contributed by atoms with Crippen molar-refractivity contribution >= 4 is 17.5 Å². The largest absolute Gasteiger partial charge is 0.497 e. The average molecular weight is 292 g/mol. The number of ether oxygens (including phenoxy) is 3. The SMILES string of the molecule is COc1ccc(N=C(N)C2=C(O)OC(C)(C)OC2=O)cc1. The van der Waals surface area contributed by atoms with Crippen LogP contribution in [0.4, 0.5) is 5.69 Å². The molecule has 1 aromatic rings. The van der Waals surface area contributed by atoms with Gasteiger partial charge in [0.1, 0.15) is 11.6 Å². The van der Waals surface area contributed by atoms with Crippen molar-refractivity contribution in [1.29, 1.82) is 0 Å². The van der Waals surface area contributed by atoms with Gasteiger partial charge in [-0.05, 0) is 24.3 Å². The molecule has 0 saturated heterocycles. The number of nitrogens with zero attached hydrogens (tertiary/aromatic N) is 1. The molecule has 0 saturated carbocycles. The highest BCUT2D eigenvalue weighted by Gasteiger charge is 2.37. The Morgan fingerprint density at radius 1 is 1.29 bits per heavy atom. The van der Waals surface area contributed by atoms with Crippen LogP contribution in [0.25, 0.3) is 0 Å². The summed E-state index contributed by atoms with van der Waals surface area (Å²) < 4.78 is 15.1. The van der Waals surface area contributed by atoms with Crippen LogP contribution in [-0.2, 0) is 14.3 Å². The maximum absolute atomic E-state index is 11.9. The molecule has 3 N–H and O–H groups in total. The molecular formula is C14H16N2O5. The van der Waals surface area contributed by atoms with Gasteiger partial charge in [0, 0.05) is 13.8 Å². The van der Waals surface area contributed by atoms with E-state index in [1.807, 2.05) is 0 Å². The van der Waals surface area contributed by atoms with Gasteiger partial charge in [-0.15, -0.1) is 0 Å². The van der Waals surface area contributed by atoms with Crippen LogP contribution in [0.2, 0.25) is 0 Å². The summed E-state index contributed by atoms with van der Waals surface area (Å²) in [4.78, 5) is 15.9. The van der Waals surface area contributed by atoms with Gasteiger partial charge < -0.3 is 25.1 Å². The Bertz CT molecular complexity index is 617. The van der Waals surface area contributed by atoms with Gasteiger partial charge in [0.2, 0.25) is 0 Å². The van der Waals surface area contributed by atoms with Gasteiger partial charge >= 0.3 is 5.97 Å². The molecule has 0 atom stereocenters. The van der Waals surface area contributed by atoms with Crippen molar-refractivity contribution in [2.45, 2.75) is 19.6 Å². The number of aliphatic imine (C=N–C) groups is 1. The molecule has 21 heavy (non-hydrogen) atoms.